The van der Waals surface area contributed by atoms with Gasteiger partial charge in [-0.1, -0.05) is 36.4 Å². The van der Waals surface area contributed by atoms with E-state index in [0.29, 0.717) is 5.65 Å². The zero-order valence-electron chi connectivity index (χ0n) is 17.3. The molecule has 2 aliphatic rings. The van der Waals surface area contributed by atoms with Gasteiger partial charge in [0.05, 0.1) is 29.3 Å². The maximum atomic E-state index is 5.94. The quantitative estimate of drug-likeness (QED) is 0.326. The molecule has 5 heterocycles. The summed E-state index contributed by atoms with van der Waals surface area (Å²) in [4.78, 5) is 9.01. The zero-order chi connectivity index (χ0) is 21.6. The lowest BCUT2D eigenvalue weighted by molar-refractivity contribution is 0.525. The molecule has 0 atom stereocenters. The maximum Gasteiger partial charge on any atom is 0.179 e. The molecular formula is C27H16N4O2. The highest BCUT2D eigenvalue weighted by Gasteiger charge is 2.54. The van der Waals surface area contributed by atoms with Crippen LogP contribution in [0.25, 0.3) is 22.7 Å². The predicted molar refractivity (Wildman–Crippen MR) is 123 cm³/mol. The molecule has 6 aromatic rings. The number of pyridine rings is 1. The lowest BCUT2D eigenvalue weighted by Crippen LogP contribution is -2.39. The number of benzene rings is 2. The van der Waals surface area contributed by atoms with Crippen molar-refractivity contribution in [1.29, 1.82) is 0 Å². The second-order valence-corrected chi connectivity index (χ2v) is 8.36. The molecule has 0 saturated carbocycles. The third-order valence-corrected chi connectivity index (χ3v) is 6.93. The molecule has 33 heavy (non-hydrogen) atoms. The summed E-state index contributed by atoms with van der Waals surface area (Å²) >= 11 is 0. The standard InChI is InChI=1S/C27H16N4O2/c1-3-8-21-17(6-1)27(19-11-14-32-24(19)25-20(27)12-15-33-25)18-7-2-4-9-22(18)31(21)30-16-29-26-23(30)10-5-13-28-26/h1-16H. The van der Waals surface area contributed by atoms with Crippen molar-refractivity contribution in [3.63, 3.8) is 0 Å². The van der Waals surface area contributed by atoms with Crippen LogP contribution in [0.4, 0.5) is 11.4 Å². The SMILES string of the molecule is c1ccc2c(c1)N(n1cnc3ncccc31)c1ccccc1C21c2ccoc2-c2occc21. The lowest BCUT2D eigenvalue weighted by atomic mass is 9.66. The van der Waals surface area contributed by atoms with Gasteiger partial charge in [-0.25, -0.2) is 19.7 Å². The summed E-state index contributed by atoms with van der Waals surface area (Å²) in [5.41, 5.74) is 7.81. The van der Waals surface area contributed by atoms with Crippen LogP contribution in [0.15, 0.2) is 107 Å². The summed E-state index contributed by atoms with van der Waals surface area (Å²) in [5.74, 6) is 1.59. The average molecular weight is 428 g/mol. The van der Waals surface area contributed by atoms with Gasteiger partial charge in [-0.05, 0) is 47.5 Å². The van der Waals surface area contributed by atoms with Crippen LogP contribution < -0.4 is 5.01 Å². The summed E-state index contributed by atoms with van der Waals surface area (Å²) in [6.07, 6.45) is 7.12. The first-order valence-corrected chi connectivity index (χ1v) is 10.8. The fourth-order valence-electron chi connectivity index (χ4n) is 5.74. The Labute approximate surface area is 188 Å². The van der Waals surface area contributed by atoms with Crippen LogP contribution >= 0.6 is 0 Å². The molecule has 8 rings (SSSR count). The first kappa shape index (κ1) is 17.0. The second-order valence-electron chi connectivity index (χ2n) is 8.36. The topological polar surface area (TPSA) is 60.2 Å². The van der Waals surface area contributed by atoms with Crippen LogP contribution in [-0.2, 0) is 5.41 Å². The van der Waals surface area contributed by atoms with Gasteiger partial charge < -0.3 is 8.83 Å². The molecule has 0 bridgehead atoms. The molecule has 0 saturated heterocycles. The number of nitrogens with zero attached hydrogens (tertiary/aromatic N) is 4. The Morgan fingerprint density at radius 1 is 0.636 bits per heavy atom. The highest BCUT2D eigenvalue weighted by molar-refractivity contribution is 5.90. The van der Waals surface area contributed by atoms with Crippen molar-refractivity contribution in [2.24, 2.45) is 0 Å². The molecule has 156 valence electrons. The van der Waals surface area contributed by atoms with E-state index in [4.69, 9.17) is 8.83 Å². The van der Waals surface area contributed by atoms with E-state index >= 15 is 0 Å². The van der Waals surface area contributed by atoms with Gasteiger partial charge in [-0.15, -0.1) is 0 Å². The van der Waals surface area contributed by atoms with E-state index in [-0.39, 0.29) is 0 Å². The monoisotopic (exact) mass is 428 g/mol. The Kier molecular flexibility index (Phi) is 3.00. The number of anilines is 2. The molecular weight excluding hydrogens is 412 g/mol. The van der Waals surface area contributed by atoms with Crippen molar-refractivity contribution < 1.29 is 8.83 Å². The van der Waals surface area contributed by atoms with Crippen LogP contribution in [0.3, 0.4) is 0 Å². The van der Waals surface area contributed by atoms with Gasteiger partial charge >= 0.3 is 0 Å². The molecule has 2 aromatic carbocycles. The van der Waals surface area contributed by atoms with Gasteiger partial charge in [0.25, 0.3) is 0 Å². The number of para-hydroxylation sites is 2. The summed E-state index contributed by atoms with van der Waals surface area (Å²) in [6, 6.07) is 25.2. The average Bonchev–Trinajstić information content (AvgIpc) is 3.64. The van der Waals surface area contributed by atoms with Crippen LogP contribution in [0.2, 0.25) is 0 Å². The molecule has 4 aromatic heterocycles. The Bertz CT molecular complexity index is 1620. The van der Waals surface area contributed by atoms with Crippen molar-refractivity contribution in [2.75, 3.05) is 5.01 Å². The number of fused-ring (bicyclic) bond motifs is 10. The van der Waals surface area contributed by atoms with E-state index in [9.17, 15) is 0 Å². The van der Waals surface area contributed by atoms with Gasteiger partial charge in [0.1, 0.15) is 11.8 Å². The van der Waals surface area contributed by atoms with Gasteiger partial charge in [-0.2, -0.15) is 0 Å². The van der Waals surface area contributed by atoms with Gasteiger partial charge in [0.15, 0.2) is 17.2 Å². The highest BCUT2D eigenvalue weighted by atomic mass is 16.4. The van der Waals surface area contributed by atoms with Crippen LogP contribution in [0, 0.1) is 0 Å². The fourth-order valence-corrected chi connectivity index (χ4v) is 5.74. The number of rotatable bonds is 1. The van der Waals surface area contributed by atoms with E-state index in [2.05, 4.69) is 80.3 Å². The number of hydrogen-bond acceptors (Lipinski definition) is 5. The third kappa shape index (κ3) is 1.87. The molecule has 0 N–H and O–H groups in total. The van der Waals surface area contributed by atoms with Crippen molar-refractivity contribution in [3.05, 3.63) is 120 Å². The smallest absolute Gasteiger partial charge is 0.179 e. The maximum absolute atomic E-state index is 5.94. The first-order valence-electron chi connectivity index (χ1n) is 10.8. The largest absolute Gasteiger partial charge is 0.461 e. The predicted octanol–water partition coefficient (Wildman–Crippen LogP) is 5.90. The molecule has 6 heteroatoms. The molecule has 6 nitrogen and oxygen atoms in total. The second kappa shape index (κ2) is 5.81. The van der Waals surface area contributed by atoms with Crippen LogP contribution in [0.5, 0.6) is 0 Å². The van der Waals surface area contributed by atoms with Crippen LogP contribution in [-0.4, -0.2) is 14.6 Å². The molecule has 1 aliphatic heterocycles. The van der Waals surface area contributed by atoms with E-state index in [1.54, 1.807) is 18.7 Å². The molecule has 1 aliphatic carbocycles. The molecule has 0 radical (unpaired) electrons. The number of aromatic nitrogens is 3. The summed E-state index contributed by atoms with van der Waals surface area (Å²) in [5, 5.41) is 2.23. The van der Waals surface area contributed by atoms with Crippen molar-refractivity contribution >= 4 is 22.5 Å². The van der Waals surface area contributed by atoms with Crippen molar-refractivity contribution in [3.8, 4) is 11.5 Å². The Morgan fingerprint density at radius 3 is 1.94 bits per heavy atom. The number of imidazole rings is 1. The van der Waals surface area contributed by atoms with E-state index in [0.717, 1.165) is 50.7 Å². The Hall–Kier alpha value is -4.58. The molecule has 0 amide bonds. The molecule has 0 unspecified atom stereocenters. The third-order valence-electron chi connectivity index (χ3n) is 6.93. The summed E-state index contributed by atoms with van der Waals surface area (Å²) in [7, 11) is 0. The number of hydrogen-bond donors (Lipinski definition) is 0. The van der Waals surface area contributed by atoms with Crippen molar-refractivity contribution in [2.45, 2.75) is 5.41 Å². The van der Waals surface area contributed by atoms with Crippen LogP contribution in [0.1, 0.15) is 22.3 Å². The number of furan rings is 2. The molecule has 0 fully saturated rings. The van der Waals surface area contributed by atoms with E-state index < -0.39 is 5.41 Å². The minimum Gasteiger partial charge on any atom is -0.461 e. The normalized spacial score (nSPS) is 14.8. The summed E-state index contributed by atoms with van der Waals surface area (Å²) < 4.78 is 14.0. The fraction of sp³-hybridized carbons (Fsp3) is 0.0370. The highest BCUT2D eigenvalue weighted by Crippen LogP contribution is 2.62. The Balaban J connectivity index is 1.54. The first-order chi connectivity index (χ1) is 16.4. The lowest BCUT2D eigenvalue weighted by Gasteiger charge is -2.43. The zero-order valence-corrected chi connectivity index (χ0v) is 17.3. The minimum atomic E-state index is -0.525. The minimum absolute atomic E-state index is 0.525. The summed E-state index contributed by atoms with van der Waals surface area (Å²) in [6.45, 7) is 0. The van der Waals surface area contributed by atoms with E-state index in [1.165, 1.54) is 0 Å². The van der Waals surface area contributed by atoms with E-state index in [1.807, 2.05) is 18.5 Å². The van der Waals surface area contributed by atoms with Gasteiger partial charge in [-0.3, -0.25) is 0 Å². The van der Waals surface area contributed by atoms with Gasteiger partial charge in [0, 0.05) is 17.3 Å². The molecule has 1 spiro atoms. The Morgan fingerprint density at radius 2 is 1.27 bits per heavy atom. The van der Waals surface area contributed by atoms with Gasteiger partial charge in [0.2, 0.25) is 0 Å². The van der Waals surface area contributed by atoms with Crippen molar-refractivity contribution in [1.82, 2.24) is 14.6 Å².